The summed E-state index contributed by atoms with van der Waals surface area (Å²) >= 11 is 0. The Labute approximate surface area is 107 Å². The van der Waals surface area contributed by atoms with Crippen LogP contribution in [0.3, 0.4) is 0 Å². The average molecular weight is 252 g/mol. The van der Waals surface area contributed by atoms with Gasteiger partial charge in [-0.15, -0.1) is 0 Å². The van der Waals surface area contributed by atoms with E-state index < -0.39 is 0 Å². The SMILES string of the molecule is CNC1COCC1C(=O)NC(C)c1ccc(C)o1. The van der Waals surface area contributed by atoms with Crippen molar-refractivity contribution >= 4 is 5.91 Å². The number of nitrogens with one attached hydrogen (secondary N) is 2. The summed E-state index contributed by atoms with van der Waals surface area (Å²) < 4.78 is 10.8. The molecule has 1 aromatic heterocycles. The molecule has 5 nitrogen and oxygen atoms in total. The summed E-state index contributed by atoms with van der Waals surface area (Å²) in [5, 5.41) is 6.07. The van der Waals surface area contributed by atoms with Crippen molar-refractivity contribution < 1.29 is 13.9 Å². The molecule has 18 heavy (non-hydrogen) atoms. The van der Waals surface area contributed by atoms with Gasteiger partial charge in [0.25, 0.3) is 0 Å². The van der Waals surface area contributed by atoms with Crippen LogP contribution in [0.15, 0.2) is 16.5 Å². The molecule has 0 radical (unpaired) electrons. The second-order valence-electron chi connectivity index (χ2n) is 4.72. The molecular formula is C13H20N2O3. The number of likely N-dealkylation sites (N-methyl/N-ethyl adjacent to an activating group) is 1. The largest absolute Gasteiger partial charge is 0.464 e. The number of carbonyl (C=O) groups excluding carboxylic acids is 1. The summed E-state index contributed by atoms with van der Waals surface area (Å²) in [5.41, 5.74) is 0. The fourth-order valence-electron chi connectivity index (χ4n) is 2.17. The lowest BCUT2D eigenvalue weighted by Crippen LogP contribution is -2.43. The van der Waals surface area contributed by atoms with Crippen molar-refractivity contribution in [1.82, 2.24) is 10.6 Å². The normalized spacial score (nSPS) is 25.1. The van der Waals surface area contributed by atoms with Crippen LogP contribution in [-0.4, -0.2) is 32.2 Å². The molecule has 0 aromatic carbocycles. The van der Waals surface area contributed by atoms with Crippen molar-refractivity contribution in [1.29, 1.82) is 0 Å². The number of hydrogen-bond acceptors (Lipinski definition) is 4. The Balaban J connectivity index is 1.94. The van der Waals surface area contributed by atoms with Crippen molar-refractivity contribution in [2.75, 3.05) is 20.3 Å². The molecular weight excluding hydrogens is 232 g/mol. The predicted molar refractivity (Wildman–Crippen MR) is 67.2 cm³/mol. The maximum atomic E-state index is 12.1. The van der Waals surface area contributed by atoms with Gasteiger partial charge < -0.3 is 19.8 Å². The van der Waals surface area contributed by atoms with Gasteiger partial charge in [-0.1, -0.05) is 0 Å². The first-order valence-corrected chi connectivity index (χ1v) is 6.23. The molecule has 1 amide bonds. The Kier molecular flexibility index (Phi) is 4.04. The zero-order chi connectivity index (χ0) is 13.1. The van der Waals surface area contributed by atoms with E-state index >= 15 is 0 Å². The second-order valence-corrected chi connectivity index (χ2v) is 4.72. The third-order valence-electron chi connectivity index (χ3n) is 3.33. The fourth-order valence-corrected chi connectivity index (χ4v) is 2.17. The summed E-state index contributed by atoms with van der Waals surface area (Å²) in [6, 6.07) is 3.76. The third kappa shape index (κ3) is 2.73. The highest BCUT2D eigenvalue weighted by atomic mass is 16.5. The average Bonchev–Trinajstić information content (AvgIpc) is 2.96. The van der Waals surface area contributed by atoms with E-state index in [9.17, 15) is 4.79 Å². The highest BCUT2D eigenvalue weighted by Gasteiger charge is 2.33. The Bertz CT molecular complexity index is 416. The molecule has 100 valence electrons. The van der Waals surface area contributed by atoms with Crippen LogP contribution in [-0.2, 0) is 9.53 Å². The zero-order valence-corrected chi connectivity index (χ0v) is 11.0. The summed E-state index contributed by atoms with van der Waals surface area (Å²) in [5.74, 6) is 1.51. The van der Waals surface area contributed by atoms with Crippen molar-refractivity contribution in [3.63, 3.8) is 0 Å². The van der Waals surface area contributed by atoms with Gasteiger partial charge in [-0.2, -0.15) is 0 Å². The maximum absolute atomic E-state index is 12.1. The fraction of sp³-hybridized carbons (Fsp3) is 0.615. The van der Waals surface area contributed by atoms with Crippen LogP contribution in [0, 0.1) is 12.8 Å². The molecule has 1 aliphatic rings. The molecule has 2 N–H and O–H groups in total. The van der Waals surface area contributed by atoms with Crippen LogP contribution >= 0.6 is 0 Å². The molecule has 1 saturated heterocycles. The van der Waals surface area contributed by atoms with Crippen LogP contribution < -0.4 is 10.6 Å². The monoisotopic (exact) mass is 252 g/mol. The first kappa shape index (κ1) is 13.1. The van der Waals surface area contributed by atoms with Crippen molar-refractivity contribution in [2.24, 2.45) is 5.92 Å². The van der Waals surface area contributed by atoms with Gasteiger partial charge in [0.1, 0.15) is 11.5 Å². The Morgan fingerprint density at radius 1 is 1.44 bits per heavy atom. The molecule has 2 heterocycles. The van der Waals surface area contributed by atoms with Crippen LogP contribution in [0.4, 0.5) is 0 Å². The number of furan rings is 1. The van der Waals surface area contributed by atoms with Crippen LogP contribution in [0.25, 0.3) is 0 Å². The van der Waals surface area contributed by atoms with E-state index in [1.807, 2.05) is 33.0 Å². The first-order valence-electron chi connectivity index (χ1n) is 6.23. The summed E-state index contributed by atoms with van der Waals surface area (Å²) in [6.07, 6.45) is 0. The predicted octanol–water partition coefficient (Wildman–Crippen LogP) is 1.000. The van der Waals surface area contributed by atoms with Gasteiger partial charge in [-0.3, -0.25) is 4.79 Å². The Morgan fingerprint density at radius 2 is 2.22 bits per heavy atom. The smallest absolute Gasteiger partial charge is 0.227 e. The van der Waals surface area contributed by atoms with Gasteiger partial charge in [0, 0.05) is 6.04 Å². The molecule has 1 aliphatic heterocycles. The quantitative estimate of drug-likeness (QED) is 0.839. The molecule has 0 aliphatic carbocycles. The lowest BCUT2D eigenvalue weighted by molar-refractivity contribution is -0.126. The van der Waals surface area contributed by atoms with Crippen LogP contribution in [0.2, 0.25) is 0 Å². The second kappa shape index (κ2) is 5.54. The molecule has 1 fully saturated rings. The Hall–Kier alpha value is -1.33. The van der Waals surface area contributed by atoms with E-state index in [1.165, 1.54) is 0 Å². The maximum Gasteiger partial charge on any atom is 0.227 e. The number of aryl methyl sites for hydroxylation is 1. The summed E-state index contributed by atoms with van der Waals surface area (Å²) in [7, 11) is 1.85. The van der Waals surface area contributed by atoms with Gasteiger partial charge in [-0.25, -0.2) is 0 Å². The molecule has 0 saturated carbocycles. The minimum Gasteiger partial charge on any atom is -0.464 e. The van der Waals surface area contributed by atoms with Crippen LogP contribution in [0.5, 0.6) is 0 Å². The van der Waals surface area contributed by atoms with Gasteiger partial charge in [0.2, 0.25) is 5.91 Å². The number of hydrogen-bond donors (Lipinski definition) is 2. The Morgan fingerprint density at radius 3 is 2.83 bits per heavy atom. The molecule has 0 bridgehead atoms. The third-order valence-corrected chi connectivity index (χ3v) is 3.33. The van der Waals surface area contributed by atoms with E-state index in [0.717, 1.165) is 11.5 Å². The zero-order valence-electron chi connectivity index (χ0n) is 11.0. The molecule has 3 unspecified atom stereocenters. The number of carbonyl (C=O) groups is 1. The van der Waals surface area contributed by atoms with Crippen LogP contribution in [0.1, 0.15) is 24.5 Å². The van der Waals surface area contributed by atoms with E-state index in [1.54, 1.807) is 0 Å². The number of ether oxygens (including phenoxy) is 1. The minimum atomic E-state index is -0.131. The summed E-state index contributed by atoms with van der Waals surface area (Å²) in [6.45, 7) is 4.87. The minimum absolute atomic E-state index is 0.00778. The summed E-state index contributed by atoms with van der Waals surface area (Å²) in [4.78, 5) is 12.1. The van der Waals surface area contributed by atoms with Crippen molar-refractivity contribution in [3.8, 4) is 0 Å². The van der Waals surface area contributed by atoms with Gasteiger partial charge in [-0.05, 0) is 33.0 Å². The highest BCUT2D eigenvalue weighted by Crippen LogP contribution is 2.18. The molecule has 0 spiro atoms. The lowest BCUT2D eigenvalue weighted by atomic mass is 10.0. The van der Waals surface area contributed by atoms with E-state index in [-0.39, 0.29) is 23.9 Å². The van der Waals surface area contributed by atoms with Gasteiger partial charge in [0.15, 0.2) is 0 Å². The van der Waals surface area contributed by atoms with Gasteiger partial charge in [0.05, 0.1) is 25.2 Å². The topological polar surface area (TPSA) is 63.5 Å². The lowest BCUT2D eigenvalue weighted by Gasteiger charge is -2.19. The van der Waals surface area contributed by atoms with E-state index in [0.29, 0.717) is 13.2 Å². The number of rotatable bonds is 4. The van der Waals surface area contributed by atoms with E-state index in [2.05, 4.69) is 10.6 Å². The molecule has 5 heteroatoms. The van der Waals surface area contributed by atoms with E-state index in [4.69, 9.17) is 9.15 Å². The first-order chi connectivity index (χ1) is 8.61. The van der Waals surface area contributed by atoms with Gasteiger partial charge >= 0.3 is 0 Å². The molecule has 1 aromatic rings. The standard InChI is InChI=1S/C13H20N2O3/c1-8-4-5-12(18-8)9(2)15-13(16)10-6-17-7-11(10)14-3/h4-5,9-11,14H,6-7H2,1-3H3,(H,15,16). The molecule has 3 atom stereocenters. The van der Waals surface area contributed by atoms with Crippen molar-refractivity contribution in [2.45, 2.75) is 25.9 Å². The number of amides is 1. The van der Waals surface area contributed by atoms with Crippen molar-refractivity contribution in [3.05, 3.63) is 23.7 Å². The highest BCUT2D eigenvalue weighted by molar-refractivity contribution is 5.80. The molecule has 2 rings (SSSR count).